The largest absolute Gasteiger partial charge is 0.364 e. The number of aromatic nitrogens is 3. The third kappa shape index (κ3) is 1.43. The lowest BCUT2D eigenvalue weighted by molar-refractivity contribution is 0.0995. The van der Waals surface area contributed by atoms with Gasteiger partial charge in [-0.1, -0.05) is 0 Å². The summed E-state index contributed by atoms with van der Waals surface area (Å²) >= 11 is 1.47. The van der Waals surface area contributed by atoms with Crippen LogP contribution in [-0.4, -0.2) is 21.1 Å². The average Bonchev–Trinajstić information content (AvgIpc) is 2.75. The van der Waals surface area contributed by atoms with Gasteiger partial charge in [0.15, 0.2) is 0 Å². The summed E-state index contributed by atoms with van der Waals surface area (Å²) in [5, 5.41) is 9.06. The van der Waals surface area contributed by atoms with Gasteiger partial charge in [-0.3, -0.25) is 9.89 Å². The van der Waals surface area contributed by atoms with Gasteiger partial charge < -0.3 is 5.73 Å². The number of hydrogen-bond acceptors (Lipinski definition) is 4. The molecular weight excluding hydrogens is 188 g/mol. The van der Waals surface area contributed by atoms with Crippen molar-refractivity contribution in [3.05, 3.63) is 23.3 Å². The maximum absolute atomic E-state index is 10.7. The van der Waals surface area contributed by atoms with Gasteiger partial charge in [-0.05, 0) is 6.07 Å². The second kappa shape index (κ2) is 2.98. The first-order chi connectivity index (χ1) is 6.27. The Balaban J connectivity index is 2.39. The lowest BCUT2D eigenvalue weighted by atomic mass is 10.3. The van der Waals surface area contributed by atoms with E-state index in [4.69, 9.17) is 5.73 Å². The number of primary amides is 1. The van der Waals surface area contributed by atoms with Crippen molar-refractivity contribution in [3.8, 4) is 10.7 Å². The van der Waals surface area contributed by atoms with Gasteiger partial charge in [-0.2, -0.15) is 5.10 Å². The van der Waals surface area contributed by atoms with Gasteiger partial charge in [-0.25, -0.2) is 4.98 Å². The highest BCUT2D eigenvalue weighted by Gasteiger charge is 2.08. The second-order valence-corrected chi connectivity index (χ2v) is 3.26. The summed E-state index contributed by atoms with van der Waals surface area (Å²) in [6, 6.07) is 1.58. The van der Waals surface area contributed by atoms with E-state index in [2.05, 4.69) is 15.2 Å². The van der Waals surface area contributed by atoms with Gasteiger partial charge in [-0.15, -0.1) is 11.3 Å². The number of nitrogens with two attached hydrogens (primary N) is 1. The number of H-pyrrole nitrogens is 1. The molecule has 2 aromatic heterocycles. The van der Waals surface area contributed by atoms with Gasteiger partial charge >= 0.3 is 0 Å². The Morgan fingerprint density at radius 3 is 3.00 bits per heavy atom. The zero-order chi connectivity index (χ0) is 9.26. The fourth-order valence-corrected chi connectivity index (χ4v) is 1.52. The van der Waals surface area contributed by atoms with E-state index >= 15 is 0 Å². The normalized spacial score (nSPS) is 10.2. The third-order valence-electron chi connectivity index (χ3n) is 1.49. The molecule has 1 amide bonds. The Hall–Kier alpha value is -1.69. The lowest BCUT2D eigenvalue weighted by Crippen LogP contribution is -2.10. The minimum absolute atomic E-state index is 0.227. The Morgan fingerprint density at radius 2 is 2.46 bits per heavy atom. The molecule has 0 aliphatic rings. The molecule has 2 aromatic rings. The van der Waals surface area contributed by atoms with Crippen LogP contribution >= 0.6 is 11.3 Å². The highest BCUT2D eigenvalue weighted by Crippen LogP contribution is 2.19. The molecule has 5 nitrogen and oxygen atoms in total. The van der Waals surface area contributed by atoms with Crippen LogP contribution in [0.3, 0.4) is 0 Å². The summed E-state index contributed by atoms with van der Waals surface area (Å²) in [6.07, 6.45) is 1.69. The molecule has 0 atom stereocenters. The van der Waals surface area contributed by atoms with Crippen LogP contribution < -0.4 is 5.73 Å². The van der Waals surface area contributed by atoms with E-state index in [9.17, 15) is 4.79 Å². The lowest BCUT2D eigenvalue weighted by Gasteiger charge is -1.84. The second-order valence-electron chi connectivity index (χ2n) is 2.37. The number of aromatic amines is 1. The smallest absolute Gasteiger partial charge is 0.269 e. The van der Waals surface area contributed by atoms with Crippen molar-refractivity contribution in [1.82, 2.24) is 15.2 Å². The van der Waals surface area contributed by atoms with Crippen LogP contribution in [0.15, 0.2) is 17.6 Å². The number of nitrogens with one attached hydrogen (secondary N) is 1. The number of hydrogen-bond donors (Lipinski definition) is 2. The minimum Gasteiger partial charge on any atom is -0.364 e. The van der Waals surface area contributed by atoms with E-state index < -0.39 is 5.91 Å². The first kappa shape index (κ1) is 7.93. The predicted molar refractivity (Wildman–Crippen MR) is 48.2 cm³/mol. The van der Waals surface area contributed by atoms with Crippen molar-refractivity contribution in [3.63, 3.8) is 0 Å². The zero-order valence-corrected chi connectivity index (χ0v) is 7.34. The van der Waals surface area contributed by atoms with E-state index in [0.29, 0.717) is 5.69 Å². The van der Waals surface area contributed by atoms with Crippen molar-refractivity contribution in [2.75, 3.05) is 0 Å². The molecule has 0 saturated carbocycles. The van der Waals surface area contributed by atoms with Crippen LogP contribution in [0.25, 0.3) is 10.7 Å². The van der Waals surface area contributed by atoms with Crippen molar-refractivity contribution >= 4 is 17.2 Å². The van der Waals surface area contributed by atoms with E-state index in [1.54, 1.807) is 12.3 Å². The van der Waals surface area contributed by atoms with Gasteiger partial charge in [0.25, 0.3) is 5.91 Å². The van der Waals surface area contributed by atoms with Crippen LogP contribution in [-0.2, 0) is 0 Å². The molecule has 0 bridgehead atoms. The van der Waals surface area contributed by atoms with Crippen LogP contribution in [0.1, 0.15) is 10.5 Å². The Morgan fingerprint density at radius 1 is 1.62 bits per heavy atom. The molecule has 0 radical (unpaired) electrons. The van der Waals surface area contributed by atoms with Crippen LogP contribution in [0.2, 0.25) is 0 Å². The van der Waals surface area contributed by atoms with Crippen molar-refractivity contribution in [1.29, 1.82) is 0 Å². The molecule has 2 heterocycles. The molecule has 2 rings (SSSR count). The summed E-state index contributed by atoms with van der Waals surface area (Å²) in [7, 11) is 0. The van der Waals surface area contributed by atoms with Crippen LogP contribution in [0.4, 0.5) is 0 Å². The monoisotopic (exact) mass is 194 g/mol. The van der Waals surface area contributed by atoms with Gasteiger partial charge in [0.05, 0.1) is 5.69 Å². The molecule has 6 heteroatoms. The molecule has 0 fully saturated rings. The van der Waals surface area contributed by atoms with Crippen LogP contribution in [0.5, 0.6) is 0 Å². The van der Waals surface area contributed by atoms with E-state index in [-0.39, 0.29) is 5.69 Å². The Bertz CT molecular complexity index is 419. The summed E-state index contributed by atoms with van der Waals surface area (Å²) in [6.45, 7) is 0. The third-order valence-corrected chi connectivity index (χ3v) is 2.30. The highest BCUT2D eigenvalue weighted by atomic mass is 32.1. The number of rotatable bonds is 2. The molecule has 13 heavy (non-hydrogen) atoms. The topological polar surface area (TPSA) is 84.7 Å². The number of thiazole rings is 1. The quantitative estimate of drug-likeness (QED) is 0.735. The maximum atomic E-state index is 10.7. The fraction of sp³-hybridized carbons (Fsp3) is 0. The van der Waals surface area contributed by atoms with Crippen molar-refractivity contribution in [2.24, 2.45) is 5.73 Å². The number of carbonyl (C=O) groups is 1. The maximum Gasteiger partial charge on any atom is 0.269 e. The molecule has 0 aliphatic carbocycles. The standard InChI is InChI=1S/C7H6N4OS/c8-6(12)4-3-5(11-10-4)7-9-1-2-13-7/h1-3H,(H2,8,12)(H,10,11). The van der Waals surface area contributed by atoms with E-state index in [1.165, 1.54) is 11.3 Å². The molecular formula is C7H6N4OS. The zero-order valence-electron chi connectivity index (χ0n) is 6.52. The summed E-state index contributed by atoms with van der Waals surface area (Å²) in [5.41, 5.74) is 5.98. The predicted octanol–water partition coefficient (Wildman–Crippen LogP) is 0.632. The first-order valence-electron chi connectivity index (χ1n) is 3.52. The fourth-order valence-electron chi connectivity index (χ4n) is 0.914. The molecule has 0 spiro atoms. The van der Waals surface area contributed by atoms with E-state index in [0.717, 1.165) is 5.01 Å². The number of carbonyl (C=O) groups excluding carboxylic acids is 1. The van der Waals surface area contributed by atoms with Crippen molar-refractivity contribution < 1.29 is 4.79 Å². The first-order valence-corrected chi connectivity index (χ1v) is 4.40. The van der Waals surface area contributed by atoms with E-state index in [1.807, 2.05) is 5.38 Å². The highest BCUT2D eigenvalue weighted by molar-refractivity contribution is 7.13. The Kier molecular flexibility index (Phi) is 1.82. The molecule has 0 aliphatic heterocycles. The molecule has 0 unspecified atom stereocenters. The summed E-state index contributed by atoms with van der Waals surface area (Å²) in [5.74, 6) is -0.543. The van der Waals surface area contributed by atoms with Gasteiger partial charge in [0.1, 0.15) is 10.7 Å². The summed E-state index contributed by atoms with van der Waals surface area (Å²) < 4.78 is 0. The molecule has 0 aromatic carbocycles. The van der Waals surface area contributed by atoms with Gasteiger partial charge in [0.2, 0.25) is 0 Å². The van der Waals surface area contributed by atoms with Crippen LogP contribution in [0, 0.1) is 0 Å². The molecule has 0 saturated heterocycles. The van der Waals surface area contributed by atoms with Gasteiger partial charge in [0, 0.05) is 11.6 Å². The molecule has 3 N–H and O–H groups in total. The number of amides is 1. The minimum atomic E-state index is -0.543. The molecule has 66 valence electrons. The Labute approximate surface area is 77.6 Å². The SMILES string of the molecule is NC(=O)c1cc(-c2nccs2)[nH]n1. The number of nitrogens with zero attached hydrogens (tertiary/aromatic N) is 2. The summed E-state index contributed by atoms with van der Waals surface area (Å²) in [4.78, 5) is 14.8. The average molecular weight is 194 g/mol. The van der Waals surface area contributed by atoms with Crippen molar-refractivity contribution in [2.45, 2.75) is 0 Å².